The third-order valence-electron chi connectivity index (χ3n) is 1.73. The number of hydrogen-bond acceptors (Lipinski definition) is 1. The third kappa shape index (κ3) is 2.25. The molecule has 1 fully saturated rings. The highest BCUT2D eigenvalue weighted by molar-refractivity contribution is 5.74. The molecule has 1 aliphatic rings. The zero-order valence-corrected chi connectivity index (χ0v) is 6.31. The number of amides is 2. The zero-order valence-electron chi connectivity index (χ0n) is 6.31. The van der Waals surface area contributed by atoms with Gasteiger partial charge in [0.25, 0.3) is 0 Å². The molecule has 1 unspecified atom stereocenters. The summed E-state index contributed by atoms with van der Waals surface area (Å²) < 4.78 is 0. The molecule has 1 aliphatic heterocycles. The lowest BCUT2D eigenvalue weighted by molar-refractivity contribution is 0.234. The molecule has 3 nitrogen and oxygen atoms in total. The largest absolute Gasteiger partial charge is 0.338 e. The second-order valence-electron chi connectivity index (χ2n) is 2.80. The average molecular weight is 142 g/mol. The summed E-state index contributed by atoms with van der Waals surface area (Å²) in [4.78, 5) is 10.8. The van der Waals surface area contributed by atoms with Gasteiger partial charge in [-0.25, -0.2) is 4.79 Å². The molecule has 10 heavy (non-hydrogen) atoms. The van der Waals surface area contributed by atoms with Crippen molar-refractivity contribution < 1.29 is 4.79 Å². The van der Waals surface area contributed by atoms with Crippen molar-refractivity contribution in [2.24, 2.45) is 0 Å². The van der Waals surface area contributed by atoms with E-state index >= 15 is 0 Å². The lowest BCUT2D eigenvalue weighted by Gasteiger charge is -2.17. The van der Waals surface area contributed by atoms with Gasteiger partial charge in [-0.05, 0) is 26.2 Å². The second kappa shape index (κ2) is 3.44. The Kier molecular flexibility index (Phi) is 2.54. The molecule has 2 amide bonds. The molecule has 1 rings (SSSR count). The molecule has 0 aromatic rings. The van der Waals surface area contributed by atoms with Crippen molar-refractivity contribution in [2.75, 3.05) is 6.54 Å². The first-order valence-corrected chi connectivity index (χ1v) is 3.83. The minimum Gasteiger partial charge on any atom is -0.338 e. The van der Waals surface area contributed by atoms with Crippen molar-refractivity contribution in [3.8, 4) is 0 Å². The van der Waals surface area contributed by atoms with E-state index in [0.717, 1.165) is 19.4 Å². The first kappa shape index (κ1) is 7.38. The van der Waals surface area contributed by atoms with Crippen LogP contribution >= 0.6 is 0 Å². The maximum atomic E-state index is 10.8. The van der Waals surface area contributed by atoms with Crippen LogP contribution < -0.4 is 10.6 Å². The van der Waals surface area contributed by atoms with E-state index in [2.05, 4.69) is 10.6 Å². The quantitative estimate of drug-likeness (QED) is 0.517. The van der Waals surface area contributed by atoms with Crippen LogP contribution in [0.4, 0.5) is 4.79 Å². The molecule has 0 aromatic heterocycles. The molecule has 58 valence electrons. The Bertz CT molecular complexity index is 125. The smallest absolute Gasteiger partial charge is 0.314 e. The summed E-state index contributed by atoms with van der Waals surface area (Å²) in [7, 11) is 0. The number of rotatable bonds is 0. The van der Waals surface area contributed by atoms with Crippen LogP contribution in [0.15, 0.2) is 0 Å². The second-order valence-corrected chi connectivity index (χ2v) is 2.80. The molecular formula is C7H14N2O. The highest BCUT2D eigenvalue weighted by Crippen LogP contribution is 2.01. The highest BCUT2D eigenvalue weighted by Gasteiger charge is 2.08. The van der Waals surface area contributed by atoms with E-state index < -0.39 is 0 Å². The molecule has 0 aliphatic carbocycles. The molecule has 0 aromatic carbocycles. The fraction of sp³-hybridized carbons (Fsp3) is 0.857. The SMILES string of the molecule is CC1CCCCNC(=O)N1. The predicted molar refractivity (Wildman–Crippen MR) is 39.8 cm³/mol. The summed E-state index contributed by atoms with van der Waals surface area (Å²) in [5, 5.41) is 5.60. The van der Waals surface area contributed by atoms with Gasteiger partial charge < -0.3 is 10.6 Å². The number of nitrogens with one attached hydrogen (secondary N) is 2. The molecule has 0 bridgehead atoms. The Morgan fingerprint density at radius 3 is 3.10 bits per heavy atom. The standard InChI is InChI=1S/C7H14N2O/c1-6-4-2-3-5-8-7(10)9-6/h6H,2-5H2,1H3,(H2,8,9,10). The van der Waals surface area contributed by atoms with Gasteiger partial charge >= 0.3 is 6.03 Å². The summed E-state index contributed by atoms with van der Waals surface area (Å²) in [5.41, 5.74) is 0. The number of hydrogen-bond donors (Lipinski definition) is 2. The molecule has 1 atom stereocenters. The van der Waals surface area contributed by atoms with Gasteiger partial charge in [-0.3, -0.25) is 0 Å². The first-order chi connectivity index (χ1) is 4.79. The molecule has 2 N–H and O–H groups in total. The summed E-state index contributed by atoms with van der Waals surface area (Å²) in [6.45, 7) is 2.85. The van der Waals surface area contributed by atoms with E-state index in [9.17, 15) is 4.79 Å². The van der Waals surface area contributed by atoms with Crippen LogP contribution in [0.2, 0.25) is 0 Å². The van der Waals surface area contributed by atoms with Gasteiger partial charge in [-0.15, -0.1) is 0 Å². The Labute approximate surface area is 61.2 Å². The van der Waals surface area contributed by atoms with Crippen LogP contribution in [0.5, 0.6) is 0 Å². The molecule has 1 heterocycles. The van der Waals surface area contributed by atoms with Crippen LogP contribution in [0.25, 0.3) is 0 Å². The number of carbonyl (C=O) groups is 1. The molecular weight excluding hydrogens is 128 g/mol. The Morgan fingerprint density at radius 1 is 1.50 bits per heavy atom. The lowest BCUT2D eigenvalue weighted by atomic mass is 10.1. The fourth-order valence-electron chi connectivity index (χ4n) is 1.12. The zero-order chi connectivity index (χ0) is 7.40. The van der Waals surface area contributed by atoms with Gasteiger partial charge in [0.05, 0.1) is 0 Å². The summed E-state index contributed by atoms with van der Waals surface area (Å²) in [6.07, 6.45) is 3.42. The molecule has 0 spiro atoms. The maximum absolute atomic E-state index is 10.8. The first-order valence-electron chi connectivity index (χ1n) is 3.83. The molecule has 0 radical (unpaired) electrons. The van der Waals surface area contributed by atoms with Gasteiger partial charge in [0.2, 0.25) is 0 Å². The Balaban J connectivity index is 2.32. The Morgan fingerprint density at radius 2 is 2.30 bits per heavy atom. The monoisotopic (exact) mass is 142 g/mol. The van der Waals surface area contributed by atoms with Gasteiger partial charge in [0, 0.05) is 12.6 Å². The van der Waals surface area contributed by atoms with Crippen molar-refractivity contribution in [1.29, 1.82) is 0 Å². The lowest BCUT2D eigenvalue weighted by Crippen LogP contribution is -2.42. The Hall–Kier alpha value is -0.730. The minimum absolute atomic E-state index is 0.0211. The van der Waals surface area contributed by atoms with E-state index in [0.29, 0.717) is 6.04 Å². The number of urea groups is 1. The fourth-order valence-corrected chi connectivity index (χ4v) is 1.12. The van der Waals surface area contributed by atoms with E-state index in [-0.39, 0.29) is 6.03 Å². The van der Waals surface area contributed by atoms with E-state index in [4.69, 9.17) is 0 Å². The van der Waals surface area contributed by atoms with Crippen LogP contribution in [0.3, 0.4) is 0 Å². The van der Waals surface area contributed by atoms with Crippen LogP contribution in [0.1, 0.15) is 26.2 Å². The van der Waals surface area contributed by atoms with Crippen molar-refractivity contribution >= 4 is 6.03 Å². The average Bonchev–Trinajstić information content (AvgIpc) is 1.83. The normalized spacial score (nSPS) is 27.7. The molecule has 1 saturated heterocycles. The summed E-state index contributed by atoms with van der Waals surface area (Å²) >= 11 is 0. The number of carbonyl (C=O) groups excluding carboxylic acids is 1. The van der Waals surface area contributed by atoms with Crippen molar-refractivity contribution in [1.82, 2.24) is 10.6 Å². The predicted octanol–water partition coefficient (Wildman–Crippen LogP) is 0.858. The third-order valence-corrected chi connectivity index (χ3v) is 1.73. The van der Waals surface area contributed by atoms with Gasteiger partial charge in [0.15, 0.2) is 0 Å². The van der Waals surface area contributed by atoms with Crippen LogP contribution in [0, 0.1) is 0 Å². The van der Waals surface area contributed by atoms with E-state index in [1.54, 1.807) is 0 Å². The van der Waals surface area contributed by atoms with Crippen molar-refractivity contribution in [2.45, 2.75) is 32.2 Å². The van der Waals surface area contributed by atoms with E-state index in [1.807, 2.05) is 6.92 Å². The van der Waals surface area contributed by atoms with Crippen LogP contribution in [-0.2, 0) is 0 Å². The highest BCUT2D eigenvalue weighted by atomic mass is 16.2. The maximum Gasteiger partial charge on any atom is 0.314 e. The van der Waals surface area contributed by atoms with Crippen molar-refractivity contribution in [3.63, 3.8) is 0 Å². The van der Waals surface area contributed by atoms with Gasteiger partial charge in [-0.2, -0.15) is 0 Å². The van der Waals surface area contributed by atoms with Gasteiger partial charge in [0.1, 0.15) is 0 Å². The molecule has 0 saturated carbocycles. The van der Waals surface area contributed by atoms with Crippen molar-refractivity contribution in [3.05, 3.63) is 0 Å². The summed E-state index contributed by atoms with van der Waals surface area (Å²) in [6, 6.07) is 0.312. The molecule has 3 heteroatoms. The minimum atomic E-state index is -0.0211. The topological polar surface area (TPSA) is 41.1 Å². The van der Waals surface area contributed by atoms with Gasteiger partial charge in [-0.1, -0.05) is 0 Å². The van der Waals surface area contributed by atoms with E-state index in [1.165, 1.54) is 6.42 Å². The van der Waals surface area contributed by atoms with Crippen LogP contribution in [-0.4, -0.2) is 18.6 Å². The summed E-state index contributed by atoms with van der Waals surface area (Å²) in [5.74, 6) is 0.